The molecule has 1 amide bonds. The number of nitrogens with zero attached hydrogens (tertiary/aromatic N) is 2. The van der Waals surface area contributed by atoms with E-state index in [9.17, 15) is 4.79 Å². The Hall–Kier alpha value is -3.22. The molecular weight excluding hydrogens is 356 g/mol. The minimum atomic E-state index is -0.112. The van der Waals surface area contributed by atoms with Crippen molar-refractivity contribution in [2.45, 2.75) is 18.6 Å². The monoisotopic (exact) mass is 380 g/mol. The van der Waals surface area contributed by atoms with E-state index in [1.807, 2.05) is 54.6 Å². The molecule has 2 aliphatic heterocycles. The number of rotatable bonds is 4. The third kappa shape index (κ3) is 4.03. The van der Waals surface area contributed by atoms with Crippen molar-refractivity contribution in [3.8, 4) is 11.5 Å². The molecular formula is C21H24N4O3. The maximum atomic E-state index is 12.4. The molecule has 4 rings (SSSR count). The number of guanidine groups is 1. The molecule has 2 aromatic rings. The zero-order valence-electron chi connectivity index (χ0n) is 15.8. The maximum Gasteiger partial charge on any atom is 0.229 e. The van der Waals surface area contributed by atoms with Crippen molar-refractivity contribution in [3.63, 3.8) is 0 Å². The van der Waals surface area contributed by atoms with E-state index in [2.05, 4.69) is 15.6 Å². The van der Waals surface area contributed by atoms with Crippen LogP contribution >= 0.6 is 0 Å². The van der Waals surface area contributed by atoms with E-state index in [-0.39, 0.29) is 18.1 Å². The summed E-state index contributed by atoms with van der Waals surface area (Å²) in [5.41, 5.74) is 0.922. The van der Waals surface area contributed by atoms with Crippen LogP contribution in [0.15, 0.2) is 59.6 Å². The summed E-state index contributed by atoms with van der Waals surface area (Å²) in [6, 6.07) is 17.4. The molecule has 2 N–H and O–H groups in total. The molecule has 1 saturated heterocycles. The van der Waals surface area contributed by atoms with Gasteiger partial charge in [0.25, 0.3) is 0 Å². The second-order valence-corrected chi connectivity index (χ2v) is 6.84. The molecule has 2 unspecified atom stereocenters. The number of hydrogen-bond acceptors (Lipinski definition) is 4. The number of benzene rings is 2. The van der Waals surface area contributed by atoms with Crippen LogP contribution in [-0.4, -0.2) is 50.8 Å². The van der Waals surface area contributed by atoms with Gasteiger partial charge in [-0.1, -0.05) is 30.3 Å². The van der Waals surface area contributed by atoms with Crippen molar-refractivity contribution < 1.29 is 14.3 Å². The third-order valence-corrected chi connectivity index (χ3v) is 4.82. The average Bonchev–Trinajstić information content (AvgIpc) is 3.11. The molecule has 146 valence electrons. The van der Waals surface area contributed by atoms with Gasteiger partial charge in [0.15, 0.2) is 17.5 Å². The number of amides is 1. The van der Waals surface area contributed by atoms with Crippen molar-refractivity contribution in [3.05, 3.63) is 54.6 Å². The topological polar surface area (TPSA) is 75.2 Å². The van der Waals surface area contributed by atoms with E-state index in [0.29, 0.717) is 32.1 Å². The number of nitrogens with one attached hydrogen (secondary N) is 2. The highest BCUT2D eigenvalue weighted by atomic mass is 16.6. The summed E-state index contributed by atoms with van der Waals surface area (Å²) >= 11 is 0. The van der Waals surface area contributed by atoms with Gasteiger partial charge in [0, 0.05) is 25.7 Å². The lowest BCUT2D eigenvalue weighted by atomic mass is 10.2. The molecule has 0 bridgehead atoms. The van der Waals surface area contributed by atoms with Gasteiger partial charge in [-0.25, -0.2) is 0 Å². The number of carbonyl (C=O) groups is 1. The summed E-state index contributed by atoms with van der Waals surface area (Å²) in [4.78, 5) is 18.4. The Bertz CT molecular complexity index is 856. The van der Waals surface area contributed by atoms with E-state index < -0.39 is 0 Å². The van der Waals surface area contributed by atoms with E-state index in [1.165, 1.54) is 0 Å². The molecule has 2 atom stereocenters. The van der Waals surface area contributed by atoms with Crippen LogP contribution in [0.5, 0.6) is 11.5 Å². The smallest absolute Gasteiger partial charge is 0.229 e. The van der Waals surface area contributed by atoms with Gasteiger partial charge in [-0.2, -0.15) is 0 Å². The summed E-state index contributed by atoms with van der Waals surface area (Å²) < 4.78 is 11.7. The van der Waals surface area contributed by atoms with E-state index in [4.69, 9.17) is 9.47 Å². The molecule has 2 aromatic carbocycles. The fraction of sp³-hybridized carbons (Fsp3) is 0.333. The number of anilines is 1. The second kappa shape index (κ2) is 8.21. The molecule has 1 fully saturated rings. The van der Waals surface area contributed by atoms with Crippen molar-refractivity contribution in [1.82, 2.24) is 10.6 Å². The van der Waals surface area contributed by atoms with Crippen LogP contribution in [-0.2, 0) is 4.79 Å². The van der Waals surface area contributed by atoms with E-state index >= 15 is 0 Å². The lowest BCUT2D eigenvalue weighted by Crippen LogP contribution is -2.48. The predicted molar refractivity (Wildman–Crippen MR) is 108 cm³/mol. The van der Waals surface area contributed by atoms with Crippen molar-refractivity contribution in [1.29, 1.82) is 0 Å². The molecule has 28 heavy (non-hydrogen) atoms. The highest BCUT2D eigenvalue weighted by Gasteiger charge is 2.31. The molecule has 0 aromatic heterocycles. The summed E-state index contributed by atoms with van der Waals surface area (Å²) in [6.07, 6.45) is 0.325. The number of hydrogen-bond donors (Lipinski definition) is 2. The molecule has 0 saturated carbocycles. The predicted octanol–water partition coefficient (Wildman–Crippen LogP) is 1.80. The number of para-hydroxylation sites is 3. The van der Waals surface area contributed by atoms with Gasteiger partial charge >= 0.3 is 0 Å². The molecule has 7 nitrogen and oxygen atoms in total. The van der Waals surface area contributed by atoms with Gasteiger partial charge in [-0.15, -0.1) is 0 Å². The van der Waals surface area contributed by atoms with Crippen LogP contribution in [0.1, 0.15) is 6.42 Å². The van der Waals surface area contributed by atoms with Crippen molar-refractivity contribution in [2.75, 3.05) is 31.6 Å². The molecule has 0 aliphatic carbocycles. The first kappa shape index (κ1) is 18.2. The Morgan fingerprint density at radius 2 is 1.89 bits per heavy atom. The van der Waals surface area contributed by atoms with Crippen LogP contribution in [0.25, 0.3) is 0 Å². The van der Waals surface area contributed by atoms with Gasteiger partial charge < -0.3 is 25.0 Å². The van der Waals surface area contributed by atoms with Crippen molar-refractivity contribution in [2.24, 2.45) is 4.99 Å². The molecule has 7 heteroatoms. The number of aliphatic imine (C=N–C) groups is 1. The zero-order chi connectivity index (χ0) is 19.3. The van der Waals surface area contributed by atoms with Gasteiger partial charge in [0.05, 0.1) is 12.6 Å². The summed E-state index contributed by atoms with van der Waals surface area (Å²) in [7, 11) is 1.72. The number of carbonyl (C=O) groups excluding carboxylic acids is 1. The van der Waals surface area contributed by atoms with Crippen LogP contribution in [0.2, 0.25) is 0 Å². The highest BCUT2D eigenvalue weighted by molar-refractivity contribution is 5.97. The van der Waals surface area contributed by atoms with Gasteiger partial charge in [-0.05, 0) is 24.3 Å². The quantitative estimate of drug-likeness (QED) is 0.625. The SMILES string of the molecule is CN=C(NCC1COc2ccccc2O1)NC1CC(=O)N(c2ccccc2)C1. The van der Waals surface area contributed by atoms with Gasteiger partial charge in [0.1, 0.15) is 12.7 Å². The maximum absolute atomic E-state index is 12.4. The Labute approximate surface area is 164 Å². The summed E-state index contributed by atoms with van der Waals surface area (Å²) in [5.74, 6) is 2.28. The lowest BCUT2D eigenvalue weighted by Gasteiger charge is -2.27. The Morgan fingerprint density at radius 3 is 2.68 bits per heavy atom. The lowest BCUT2D eigenvalue weighted by molar-refractivity contribution is -0.117. The largest absolute Gasteiger partial charge is 0.486 e. The molecule has 2 aliphatic rings. The fourth-order valence-electron chi connectivity index (χ4n) is 3.42. The average molecular weight is 380 g/mol. The van der Waals surface area contributed by atoms with E-state index in [1.54, 1.807) is 11.9 Å². The number of fused-ring (bicyclic) bond motifs is 1. The first-order valence-corrected chi connectivity index (χ1v) is 9.44. The van der Waals surface area contributed by atoms with Crippen molar-refractivity contribution >= 4 is 17.6 Å². The van der Waals surface area contributed by atoms with E-state index in [0.717, 1.165) is 17.2 Å². The molecule has 0 radical (unpaired) electrons. The third-order valence-electron chi connectivity index (χ3n) is 4.82. The molecule has 0 spiro atoms. The minimum Gasteiger partial charge on any atom is -0.486 e. The van der Waals surface area contributed by atoms with Crippen LogP contribution < -0.4 is 25.0 Å². The summed E-state index contributed by atoms with van der Waals surface area (Å²) in [5, 5.41) is 6.60. The second-order valence-electron chi connectivity index (χ2n) is 6.84. The Kier molecular flexibility index (Phi) is 5.32. The van der Waals surface area contributed by atoms with Crippen LogP contribution in [0, 0.1) is 0 Å². The minimum absolute atomic E-state index is 0.00292. The summed E-state index contributed by atoms with van der Waals surface area (Å²) in [6.45, 7) is 1.64. The fourth-order valence-corrected chi connectivity index (χ4v) is 3.42. The van der Waals surface area contributed by atoms with Crippen LogP contribution in [0.4, 0.5) is 5.69 Å². The number of ether oxygens (including phenoxy) is 2. The zero-order valence-corrected chi connectivity index (χ0v) is 15.8. The highest BCUT2D eigenvalue weighted by Crippen LogP contribution is 2.30. The van der Waals surface area contributed by atoms with Gasteiger partial charge in [-0.3, -0.25) is 9.79 Å². The van der Waals surface area contributed by atoms with Crippen LogP contribution in [0.3, 0.4) is 0 Å². The molecule has 2 heterocycles. The Morgan fingerprint density at radius 1 is 1.14 bits per heavy atom. The Balaban J connectivity index is 1.29. The first-order chi connectivity index (χ1) is 13.7. The standard InChI is InChI=1S/C21H24N4O3/c1-22-21(23-12-17-14-27-18-9-5-6-10-19(18)28-17)24-15-11-20(26)25(13-15)16-7-3-2-4-8-16/h2-10,15,17H,11-14H2,1H3,(H2,22,23,24). The normalized spacial score (nSPS) is 21.5. The first-order valence-electron chi connectivity index (χ1n) is 9.44. The van der Waals surface area contributed by atoms with Gasteiger partial charge in [0.2, 0.25) is 5.91 Å².